The zero-order chi connectivity index (χ0) is 17.2. The Morgan fingerprint density at radius 2 is 1.70 bits per heavy atom. The van der Waals surface area contributed by atoms with Crippen LogP contribution in [-0.2, 0) is 6.18 Å². The van der Waals surface area contributed by atoms with E-state index in [1.165, 1.54) is 12.1 Å². The van der Waals surface area contributed by atoms with Gasteiger partial charge in [-0.15, -0.1) is 0 Å². The Balaban J connectivity index is 2.19. The topological polar surface area (TPSA) is 24.1 Å². The number of alkyl halides is 3. The Bertz CT molecular complexity index is 745. The third-order valence-corrected chi connectivity index (χ3v) is 3.74. The molecule has 0 atom stereocenters. The highest BCUT2D eigenvalue weighted by molar-refractivity contribution is 7.80. The Labute approximate surface area is 142 Å². The summed E-state index contributed by atoms with van der Waals surface area (Å²) in [6.45, 7) is 3.91. The fourth-order valence-electron chi connectivity index (χ4n) is 1.96. The van der Waals surface area contributed by atoms with Crippen molar-refractivity contribution in [3.8, 4) is 0 Å². The van der Waals surface area contributed by atoms with Crippen molar-refractivity contribution >= 4 is 40.3 Å². The van der Waals surface area contributed by atoms with Crippen LogP contribution in [0.2, 0.25) is 5.02 Å². The van der Waals surface area contributed by atoms with Gasteiger partial charge >= 0.3 is 6.18 Å². The van der Waals surface area contributed by atoms with E-state index in [0.29, 0.717) is 5.69 Å². The second kappa shape index (κ2) is 6.76. The van der Waals surface area contributed by atoms with Gasteiger partial charge in [-0.2, -0.15) is 13.2 Å². The Kier molecular flexibility index (Phi) is 5.16. The van der Waals surface area contributed by atoms with E-state index in [0.717, 1.165) is 17.2 Å². The number of halogens is 4. The molecule has 2 nitrogen and oxygen atoms in total. The zero-order valence-electron chi connectivity index (χ0n) is 12.4. The Morgan fingerprint density at radius 3 is 2.30 bits per heavy atom. The van der Waals surface area contributed by atoms with Crippen molar-refractivity contribution in [3.05, 3.63) is 58.1 Å². The molecule has 2 rings (SSSR count). The molecular formula is C16H14ClF3N2S. The highest BCUT2D eigenvalue weighted by Gasteiger charge is 2.34. The largest absolute Gasteiger partial charge is 0.418 e. The number of hydrogen-bond acceptors (Lipinski definition) is 1. The Hall–Kier alpha value is -1.79. The molecule has 0 unspecified atom stereocenters. The van der Waals surface area contributed by atoms with Crippen LogP contribution in [-0.4, -0.2) is 5.11 Å². The summed E-state index contributed by atoms with van der Waals surface area (Å²) >= 11 is 10.7. The molecule has 2 aromatic carbocycles. The molecule has 0 radical (unpaired) electrons. The number of anilines is 2. The molecule has 0 saturated carbocycles. The molecule has 2 N–H and O–H groups in total. The maximum Gasteiger partial charge on any atom is 0.418 e. The van der Waals surface area contributed by atoms with Gasteiger partial charge in [-0.05, 0) is 67.5 Å². The minimum atomic E-state index is -4.52. The fraction of sp³-hybridized carbons (Fsp3) is 0.188. The summed E-state index contributed by atoms with van der Waals surface area (Å²) in [6, 6.07) is 9.07. The molecule has 23 heavy (non-hydrogen) atoms. The summed E-state index contributed by atoms with van der Waals surface area (Å²) in [6.07, 6.45) is -4.52. The summed E-state index contributed by atoms with van der Waals surface area (Å²) in [5, 5.41) is 5.52. The molecule has 0 heterocycles. The lowest BCUT2D eigenvalue weighted by molar-refractivity contribution is -0.136. The lowest BCUT2D eigenvalue weighted by atomic mass is 10.1. The molecule has 0 aromatic heterocycles. The van der Waals surface area contributed by atoms with Gasteiger partial charge in [-0.1, -0.05) is 17.7 Å². The molecular weight excluding hydrogens is 345 g/mol. The van der Waals surface area contributed by atoms with E-state index >= 15 is 0 Å². The lowest BCUT2D eigenvalue weighted by Crippen LogP contribution is -2.21. The van der Waals surface area contributed by atoms with Crippen molar-refractivity contribution in [2.75, 3.05) is 10.6 Å². The Morgan fingerprint density at radius 1 is 1.00 bits per heavy atom. The van der Waals surface area contributed by atoms with Crippen LogP contribution in [0.1, 0.15) is 16.7 Å². The summed E-state index contributed by atoms with van der Waals surface area (Å²) in [7, 11) is 0. The summed E-state index contributed by atoms with van der Waals surface area (Å²) in [4.78, 5) is 0. The van der Waals surface area contributed by atoms with E-state index < -0.39 is 11.7 Å². The third kappa shape index (κ3) is 4.59. The molecule has 0 spiro atoms. The van der Waals surface area contributed by atoms with Gasteiger partial charge in [0.05, 0.1) is 11.3 Å². The molecule has 7 heteroatoms. The number of thiocarbonyl (C=S) groups is 1. The highest BCUT2D eigenvalue weighted by atomic mass is 35.5. The predicted molar refractivity (Wildman–Crippen MR) is 92.2 cm³/mol. The summed E-state index contributed by atoms with van der Waals surface area (Å²) in [5.74, 6) is 0. The van der Waals surface area contributed by atoms with Crippen molar-refractivity contribution < 1.29 is 13.2 Å². The van der Waals surface area contributed by atoms with Crippen LogP contribution >= 0.6 is 23.8 Å². The van der Waals surface area contributed by atoms with Gasteiger partial charge < -0.3 is 10.6 Å². The first kappa shape index (κ1) is 17.6. The minimum absolute atomic E-state index is 0.0101. The van der Waals surface area contributed by atoms with E-state index in [1.807, 2.05) is 32.0 Å². The first-order valence-corrected chi connectivity index (χ1v) is 7.47. The van der Waals surface area contributed by atoms with Gasteiger partial charge in [-0.3, -0.25) is 0 Å². The molecule has 0 saturated heterocycles. The van der Waals surface area contributed by atoms with Crippen molar-refractivity contribution in [1.29, 1.82) is 0 Å². The summed E-state index contributed by atoms with van der Waals surface area (Å²) < 4.78 is 39.1. The van der Waals surface area contributed by atoms with Crippen LogP contribution in [0.25, 0.3) is 0 Å². The van der Waals surface area contributed by atoms with Gasteiger partial charge in [0.25, 0.3) is 0 Å². The molecule has 0 bridgehead atoms. The van der Waals surface area contributed by atoms with Crippen LogP contribution in [0.15, 0.2) is 36.4 Å². The maximum atomic E-state index is 13.0. The molecule has 2 aromatic rings. The first-order chi connectivity index (χ1) is 10.7. The highest BCUT2D eigenvalue weighted by Crippen LogP contribution is 2.36. The normalized spacial score (nSPS) is 11.2. The average molecular weight is 359 g/mol. The van der Waals surface area contributed by atoms with Gasteiger partial charge in [0.2, 0.25) is 0 Å². The molecule has 0 aliphatic rings. The van der Waals surface area contributed by atoms with Crippen molar-refractivity contribution in [2.45, 2.75) is 20.0 Å². The number of nitrogens with one attached hydrogen (secondary N) is 2. The second-order valence-electron chi connectivity index (χ2n) is 5.07. The van der Waals surface area contributed by atoms with Crippen LogP contribution in [0, 0.1) is 13.8 Å². The standard InChI is InChI=1S/C16H14ClF3N2S/c1-9-3-5-12(7-10(9)2)21-15(23)22-14-6-4-11(17)8-13(14)16(18,19)20/h3-8H,1-2H3,(H2,21,22,23). The molecule has 0 amide bonds. The zero-order valence-corrected chi connectivity index (χ0v) is 14.0. The third-order valence-electron chi connectivity index (χ3n) is 3.30. The van der Waals surface area contributed by atoms with Crippen LogP contribution < -0.4 is 10.6 Å². The van der Waals surface area contributed by atoms with Gasteiger partial charge in [0, 0.05) is 10.7 Å². The lowest BCUT2D eigenvalue weighted by Gasteiger charge is -2.16. The van der Waals surface area contributed by atoms with E-state index in [9.17, 15) is 13.2 Å². The summed E-state index contributed by atoms with van der Waals surface area (Å²) in [5.41, 5.74) is 1.86. The smallest absolute Gasteiger partial charge is 0.332 e. The number of aryl methyl sites for hydroxylation is 2. The van der Waals surface area contributed by atoms with Gasteiger partial charge in [0.1, 0.15) is 0 Å². The van der Waals surface area contributed by atoms with E-state index in [1.54, 1.807) is 0 Å². The van der Waals surface area contributed by atoms with Gasteiger partial charge in [0.15, 0.2) is 5.11 Å². The van der Waals surface area contributed by atoms with E-state index in [2.05, 4.69) is 10.6 Å². The van der Waals surface area contributed by atoms with Gasteiger partial charge in [-0.25, -0.2) is 0 Å². The van der Waals surface area contributed by atoms with Crippen molar-refractivity contribution in [2.24, 2.45) is 0 Å². The predicted octanol–water partition coefficient (Wildman–Crippen LogP) is 5.78. The quantitative estimate of drug-likeness (QED) is 0.665. The van der Waals surface area contributed by atoms with E-state index in [4.69, 9.17) is 23.8 Å². The SMILES string of the molecule is Cc1ccc(NC(=S)Nc2ccc(Cl)cc2C(F)(F)F)cc1C. The number of rotatable bonds is 2. The molecule has 0 aliphatic carbocycles. The van der Waals surface area contributed by atoms with Crippen LogP contribution in [0.4, 0.5) is 24.5 Å². The first-order valence-electron chi connectivity index (χ1n) is 6.69. The van der Waals surface area contributed by atoms with Crippen LogP contribution in [0.5, 0.6) is 0 Å². The molecule has 0 fully saturated rings. The fourth-order valence-corrected chi connectivity index (χ4v) is 2.36. The number of hydrogen-bond donors (Lipinski definition) is 2. The molecule has 0 aliphatic heterocycles. The van der Waals surface area contributed by atoms with E-state index in [-0.39, 0.29) is 15.8 Å². The average Bonchev–Trinajstić information content (AvgIpc) is 2.44. The second-order valence-corrected chi connectivity index (χ2v) is 5.91. The number of benzene rings is 2. The molecule has 122 valence electrons. The monoisotopic (exact) mass is 358 g/mol. The minimum Gasteiger partial charge on any atom is -0.332 e. The van der Waals surface area contributed by atoms with Crippen LogP contribution in [0.3, 0.4) is 0 Å². The maximum absolute atomic E-state index is 13.0. The van der Waals surface area contributed by atoms with Crippen molar-refractivity contribution in [1.82, 2.24) is 0 Å². The van der Waals surface area contributed by atoms with Crippen molar-refractivity contribution in [3.63, 3.8) is 0 Å².